The van der Waals surface area contributed by atoms with Crippen molar-refractivity contribution in [3.8, 4) is 0 Å². The van der Waals surface area contributed by atoms with Gasteiger partial charge in [0.05, 0.1) is 22.0 Å². The lowest BCUT2D eigenvalue weighted by Crippen LogP contribution is -2.52. The first-order valence-corrected chi connectivity index (χ1v) is 12.6. The van der Waals surface area contributed by atoms with Crippen molar-refractivity contribution >= 4 is 50.7 Å². The second-order valence-corrected chi connectivity index (χ2v) is 10.4. The van der Waals surface area contributed by atoms with Gasteiger partial charge in [0.25, 0.3) is 0 Å². The van der Waals surface area contributed by atoms with Crippen LogP contribution >= 0.6 is 23.2 Å². The Balaban J connectivity index is 2.38. The molecule has 0 heterocycles. The lowest BCUT2D eigenvalue weighted by atomic mass is 10.1. The molecular weight excluding hydrogens is 473 g/mol. The molecule has 0 bridgehead atoms. The van der Waals surface area contributed by atoms with Crippen LogP contribution in [0.2, 0.25) is 10.0 Å². The number of nitrogens with zero attached hydrogens (tertiary/aromatic N) is 2. The second kappa shape index (κ2) is 11.0. The van der Waals surface area contributed by atoms with Crippen molar-refractivity contribution in [3.63, 3.8) is 0 Å². The molecule has 0 saturated carbocycles. The summed E-state index contributed by atoms with van der Waals surface area (Å²) in [6.45, 7) is 4.83. The van der Waals surface area contributed by atoms with Crippen LogP contribution in [0.4, 0.5) is 5.69 Å². The summed E-state index contributed by atoms with van der Waals surface area (Å²) in [5.74, 6) is -0.879. The van der Waals surface area contributed by atoms with Crippen LogP contribution in [0.1, 0.15) is 26.3 Å². The van der Waals surface area contributed by atoms with Crippen LogP contribution in [0, 0.1) is 0 Å². The average Bonchev–Trinajstić information content (AvgIpc) is 2.71. The van der Waals surface area contributed by atoms with E-state index in [-0.39, 0.29) is 18.5 Å². The van der Waals surface area contributed by atoms with Crippen LogP contribution in [-0.2, 0) is 26.2 Å². The van der Waals surface area contributed by atoms with Crippen LogP contribution in [0.15, 0.2) is 48.5 Å². The molecule has 2 rings (SSSR count). The van der Waals surface area contributed by atoms with E-state index in [1.807, 2.05) is 13.8 Å². The monoisotopic (exact) mass is 499 g/mol. The molecule has 32 heavy (non-hydrogen) atoms. The van der Waals surface area contributed by atoms with Gasteiger partial charge < -0.3 is 10.2 Å². The third kappa shape index (κ3) is 7.12. The first kappa shape index (κ1) is 26.0. The van der Waals surface area contributed by atoms with Crippen LogP contribution in [0.5, 0.6) is 0 Å². The number of rotatable bonds is 9. The summed E-state index contributed by atoms with van der Waals surface area (Å²) >= 11 is 12.1. The van der Waals surface area contributed by atoms with E-state index in [0.717, 1.165) is 10.6 Å². The van der Waals surface area contributed by atoms with Gasteiger partial charge >= 0.3 is 0 Å². The molecule has 1 atom stereocenters. The minimum Gasteiger partial charge on any atom is -0.352 e. The van der Waals surface area contributed by atoms with Gasteiger partial charge in [-0.2, -0.15) is 0 Å². The molecule has 2 aromatic carbocycles. The Kier molecular flexibility index (Phi) is 8.95. The highest BCUT2D eigenvalue weighted by Crippen LogP contribution is 2.24. The number of hydrogen-bond donors (Lipinski definition) is 1. The average molecular weight is 500 g/mol. The van der Waals surface area contributed by atoms with Crippen molar-refractivity contribution in [3.05, 3.63) is 64.1 Å². The first-order chi connectivity index (χ1) is 14.9. The zero-order valence-electron chi connectivity index (χ0n) is 18.4. The minimum absolute atomic E-state index is 0.0504. The predicted octanol–water partition coefficient (Wildman–Crippen LogP) is 3.70. The Morgan fingerprint density at radius 2 is 1.62 bits per heavy atom. The van der Waals surface area contributed by atoms with Crippen molar-refractivity contribution in [2.75, 3.05) is 17.1 Å². The molecule has 0 unspecified atom stereocenters. The molecule has 0 fully saturated rings. The second-order valence-electron chi connectivity index (χ2n) is 7.71. The van der Waals surface area contributed by atoms with Crippen LogP contribution in [0.3, 0.4) is 0 Å². The minimum atomic E-state index is -3.75. The van der Waals surface area contributed by atoms with Crippen molar-refractivity contribution in [1.29, 1.82) is 0 Å². The normalized spacial score (nSPS) is 12.3. The van der Waals surface area contributed by atoms with Gasteiger partial charge in [0, 0.05) is 12.6 Å². The van der Waals surface area contributed by atoms with E-state index in [0.29, 0.717) is 21.3 Å². The number of halogens is 2. The molecule has 0 radical (unpaired) electrons. The zero-order valence-corrected chi connectivity index (χ0v) is 20.7. The molecule has 0 saturated heterocycles. The van der Waals surface area contributed by atoms with Gasteiger partial charge in [-0.25, -0.2) is 8.42 Å². The molecule has 10 heteroatoms. The molecule has 7 nitrogen and oxygen atoms in total. The molecule has 2 aromatic rings. The standard InChI is InChI=1S/C22H27Cl2N3O4S/c1-15(2)25-22(29)16(3)26(13-17-10-11-19(23)20(24)12-17)21(28)14-27(32(4,30)31)18-8-6-5-7-9-18/h5-12,15-16H,13-14H2,1-4H3,(H,25,29)/t16-/m1/s1. The van der Waals surface area contributed by atoms with Gasteiger partial charge in [-0.15, -0.1) is 0 Å². The summed E-state index contributed by atoms with van der Waals surface area (Å²) in [5.41, 5.74) is 1.01. The maximum Gasteiger partial charge on any atom is 0.244 e. The van der Waals surface area contributed by atoms with E-state index in [1.54, 1.807) is 55.5 Å². The number of carbonyl (C=O) groups is 2. The van der Waals surface area contributed by atoms with Crippen LogP contribution in [-0.4, -0.2) is 50.0 Å². The van der Waals surface area contributed by atoms with E-state index in [1.165, 1.54) is 4.90 Å². The van der Waals surface area contributed by atoms with Gasteiger partial charge in [0.15, 0.2) is 0 Å². The third-order valence-corrected chi connectivity index (χ3v) is 6.54. The maximum absolute atomic E-state index is 13.3. The number of nitrogens with one attached hydrogen (secondary N) is 1. The number of amides is 2. The van der Waals surface area contributed by atoms with Crippen LogP contribution < -0.4 is 9.62 Å². The maximum atomic E-state index is 13.3. The Morgan fingerprint density at radius 1 is 1.00 bits per heavy atom. The molecule has 0 aliphatic rings. The third-order valence-electron chi connectivity index (χ3n) is 4.66. The van der Waals surface area contributed by atoms with Gasteiger partial charge in [-0.3, -0.25) is 13.9 Å². The number of anilines is 1. The molecule has 0 aliphatic heterocycles. The first-order valence-electron chi connectivity index (χ1n) is 9.96. The molecule has 2 amide bonds. The fourth-order valence-corrected chi connectivity index (χ4v) is 4.20. The zero-order chi connectivity index (χ0) is 24.1. The fraction of sp³-hybridized carbons (Fsp3) is 0.364. The lowest BCUT2D eigenvalue weighted by Gasteiger charge is -2.32. The van der Waals surface area contributed by atoms with Gasteiger partial charge in [0.2, 0.25) is 21.8 Å². The smallest absolute Gasteiger partial charge is 0.244 e. The SMILES string of the molecule is CC(C)NC(=O)[C@@H](C)N(Cc1ccc(Cl)c(Cl)c1)C(=O)CN(c1ccccc1)S(C)(=O)=O. The molecule has 0 aromatic heterocycles. The quantitative estimate of drug-likeness (QED) is 0.569. The number of carbonyl (C=O) groups excluding carboxylic acids is 2. The summed E-state index contributed by atoms with van der Waals surface area (Å²) in [5, 5.41) is 3.47. The van der Waals surface area contributed by atoms with Crippen molar-refractivity contribution in [2.45, 2.75) is 39.4 Å². The van der Waals surface area contributed by atoms with Gasteiger partial charge in [-0.05, 0) is 50.6 Å². The fourth-order valence-electron chi connectivity index (χ4n) is 3.03. The highest BCUT2D eigenvalue weighted by Gasteiger charge is 2.30. The van der Waals surface area contributed by atoms with Crippen LogP contribution in [0.25, 0.3) is 0 Å². The van der Waals surface area contributed by atoms with E-state index >= 15 is 0 Å². The largest absolute Gasteiger partial charge is 0.352 e. The number of hydrogen-bond acceptors (Lipinski definition) is 4. The Morgan fingerprint density at radius 3 is 2.16 bits per heavy atom. The summed E-state index contributed by atoms with van der Waals surface area (Å²) in [6, 6.07) is 12.3. The molecule has 1 N–H and O–H groups in total. The highest BCUT2D eigenvalue weighted by molar-refractivity contribution is 7.92. The molecular formula is C22H27Cl2N3O4S. The van der Waals surface area contributed by atoms with Crippen molar-refractivity contribution in [1.82, 2.24) is 10.2 Å². The summed E-state index contributed by atoms with van der Waals surface area (Å²) < 4.78 is 25.9. The Bertz CT molecular complexity index is 1060. The molecule has 0 aliphatic carbocycles. The topological polar surface area (TPSA) is 86.8 Å². The number of benzene rings is 2. The predicted molar refractivity (Wildman–Crippen MR) is 128 cm³/mol. The Hall–Kier alpha value is -2.29. The van der Waals surface area contributed by atoms with E-state index in [2.05, 4.69) is 5.32 Å². The van der Waals surface area contributed by atoms with E-state index in [4.69, 9.17) is 23.2 Å². The number of sulfonamides is 1. The van der Waals surface area contributed by atoms with E-state index < -0.39 is 28.5 Å². The highest BCUT2D eigenvalue weighted by atomic mass is 35.5. The molecule has 174 valence electrons. The lowest BCUT2D eigenvalue weighted by molar-refractivity contribution is -0.139. The van der Waals surface area contributed by atoms with Gasteiger partial charge in [-0.1, -0.05) is 47.5 Å². The summed E-state index contributed by atoms with van der Waals surface area (Å²) in [6.07, 6.45) is 1.03. The van der Waals surface area contributed by atoms with Crippen molar-refractivity contribution < 1.29 is 18.0 Å². The van der Waals surface area contributed by atoms with Crippen molar-refractivity contribution in [2.24, 2.45) is 0 Å². The summed E-state index contributed by atoms with van der Waals surface area (Å²) in [4.78, 5) is 27.4. The van der Waals surface area contributed by atoms with Gasteiger partial charge in [0.1, 0.15) is 12.6 Å². The van der Waals surface area contributed by atoms with E-state index in [9.17, 15) is 18.0 Å². The summed E-state index contributed by atoms with van der Waals surface area (Å²) in [7, 11) is -3.75. The number of para-hydroxylation sites is 1. The molecule has 0 spiro atoms. The Labute approximate surface area is 199 Å².